The van der Waals surface area contributed by atoms with E-state index in [4.69, 9.17) is 11.2 Å². The first-order chi connectivity index (χ1) is 18.0. The number of carbonyl (C=O) groups is 3. The molecule has 2 aromatic carbocycles. The van der Waals surface area contributed by atoms with Crippen molar-refractivity contribution >= 4 is 35.4 Å². The van der Waals surface area contributed by atoms with Crippen LogP contribution in [0.25, 0.3) is 0 Å². The summed E-state index contributed by atoms with van der Waals surface area (Å²) in [5.74, 6) is 2.13. The Morgan fingerprint density at radius 3 is 2.39 bits per heavy atom. The summed E-state index contributed by atoms with van der Waals surface area (Å²) in [7, 11) is 0. The van der Waals surface area contributed by atoms with Crippen LogP contribution in [0, 0.1) is 19.3 Å². The fraction of sp³-hybridized carbons (Fsp3) is 0.414. The van der Waals surface area contributed by atoms with Gasteiger partial charge in [0.15, 0.2) is 0 Å². The van der Waals surface area contributed by atoms with Crippen LogP contribution in [0.4, 0.5) is 10.5 Å². The maximum atomic E-state index is 14.0. The van der Waals surface area contributed by atoms with Gasteiger partial charge in [0.2, 0.25) is 5.91 Å². The summed E-state index contributed by atoms with van der Waals surface area (Å²) < 4.78 is 5.38. The molecular formula is C29H37N3O5S. The van der Waals surface area contributed by atoms with Gasteiger partial charge in [0.1, 0.15) is 17.7 Å². The third-order valence-corrected chi connectivity index (χ3v) is 6.24. The van der Waals surface area contributed by atoms with Gasteiger partial charge in [-0.1, -0.05) is 42.3 Å². The zero-order chi connectivity index (χ0) is 28.3. The zero-order valence-corrected chi connectivity index (χ0v) is 23.4. The van der Waals surface area contributed by atoms with Crippen LogP contribution in [-0.2, 0) is 14.3 Å². The molecule has 0 radical (unpaired) electrons. The highest BCUT2D eigenvalue weighted by atomic mass is 32.2. The number of aliphatic hydroxyl groups excluding tert-OH is 1. The lowest BCUT2D eigenvalue weighted by Crippen LogP contribution is -2.53. The lowest BCUT2D eigenvalue weighted by molar-refractivity contribution is -0.141. The predicted octanol–water partition coefficient (Wildman–Crippen LogP) is 4.12. The van der Waals surface area contributed by atoms with Gasteiger partial charge in [0.05, 0.1) is 6.61 Å². The monoisotopic (exact) mass is 539 g/mol. The second-order valence-corrected chi connectivity index (χ2v) is 10.7. The summed E-state index contributed by atoms with van der Waals surface area (Å²) in [6.45, 7) is 6.49. The number of alkyl carbamates (subject to hydrolysis) is 1. The highest BCUT2D eigenvalue weighted by Crippen LogP contribution is 2.28. The fourth-order valence-corrected chi connectivity index (χ4v) is 4.32. The Kier molecular flexibility index (Phi) is 11.7. The lowest BCUT2D eigenvalue weighted by atomic mass is 9.97. The summed E-state index contributed by atoms with van der Waals surface area (Å²) in [6, 6.07) is 12.0. The number of amides is 3. The molecule has 0 aromatic heterocycles. The van der Waals surface area contributed by atoms with Gasteiger partial charge in [0, 0.05) is 17.8 Å². The molecule has 8 nitrogen and oxygen atoms in total. The number of thioether (sulfide) groups is 1. The smallest absolute Gasteiger partial charge is 0.408 e. The summed E-state index contributed by atoms with van der Waals surface area (Å²) in [5, 5.41) is 15.5. The Hall–Kier alpha value is -3.48. The number of nitrogens with zero attached hydrogens (tertiary/aromatic N) is 1. The van der Waals surface area contributed by atoms with Crippen molar-refractivity contribution in [1.29, 1.82) is 0 Å². The first kappa shape index (κ1) is 30.7. The molecule has 0 aliphatic rings. The topological polar surface area (TPSA) is 108 Å². The number of hydrogen-bond donors (Lipinski definition) is 3. The predicted molar refractivity (Wildman–Crippen MR) is 152 cm³/mol. The van der Waals surface area contributed by atoms with Crippen LogP contribution < -0.4 is 10.6 Å². The molecule has 2 unspecified atom stereocenters. The number of carbonyl (C=O) groups excluding carboxylic acids is 3. The highest BCUT2D eigenvalue weighted by molar-refractivity contribution is 7.98. The van der Waals surface area contributed by atoms with Gasteiger partial charge in [-0.05, 0) is 69.4 Å². The Morgan fingerprint density at radius 1 is 1.13 bits per heavy atom. The minimum absolute atomic E-state index is 0.157. The normalized spacial score (nSPS) is 12.6. The van der Waals surface area contributed by atoms with Crippen molar-refractivity contribution in [1.82, 2.24) is 10.2 Å². The highest BCUT2D eigenvalue weighted by Gasteiger charge is 2.37. The van der Waals surface area contributed by atoms with Crippen LogP contribution in [0.2, 0.25) is 0 Å². The molecule has 0 fully saturated rings. The molecule has 2 aromatic rings. The van der Waals surface area contributed by atoms with E-state index in [-0.39, 0.29) is 6.54 Å². The van der Waals surface area contributed by atoms with Crippen LogP contribution in [0.15, 0.2) is 48.5 Å². The molecule has 9 heteroatoms. The van der Waals surface area contributed by atoms with E-state index in [1.54, 1.807) is 57.2 Å². The number of anilines is 1. The Labute approximate surface area is 229 Å². The van der Waals surface area contributed by atoms with E-state index >= 15 is 0 Å². The van der Waals surface area contributed by atoms with Gasteiger partial charge in [0.25, 0.3) is 5.91 Å². The molecule has 3 N–H and O–H groups in total. The molecule has 2 rings (SSSR count). The number of aliphatic hydroxyl groups is 1. The quantitative estimate of drug-likeness (QED) is 0.371. The molecule has 0 saturated heterocycles. The van der Waals surface area contributed by atoms with Crippen molar-refractivity contribution in [3.8, 4) is 12.3 Å². The van der Waals surface area contributed by atoms with Gasteiger partial charge >= 0.3 is 6.09 Å². The van der Waals surface area contributed by atoms with Gasteiger partial charge in [-0.3, -0.25) is 9.59 Å². The molecular weight excluding hydrogens is 502 g/mol. The van der Waals surface area contributed by atoms with E-state index in [1.807, 2.05) is 25.3 Å². The fourth-order valence-electron chi connectivity index (χ4n) is 3.85. The van der Waals surface area contributed by atoms with Crippen molar-refractivity contribution in [2.75, 3.05) is 30.5 Å². The lowest BCUT2D eigenvalue weighted by Gasteiger charge is -2.34. The Morgan fingerprint density at radius 2 is 1.79 bits per heavy atom. The number of nitrogens with one attached hydrogen (secondary N) is 2. The average molecular weight is 540 g/mol. The molecule has 204 valence electrons. The molecule has 0 aliphatic carbocycles. The van der Waals surface area contributed by atoms with Gasteiger partial charge in [-0.2, -0.15) is 11.8 Å². The maximum absolute atomic E-state index is 14.0. The molecule has 0 bridgehead atoms. The second kappa shape index (κ2) is 14.5. The number of ether oxygens (including phenoxy) is 1. The number of benzene rings is 2. The van der Waals surface area contributed by atoms with Crippen LogP contribution in [0.5, 0.6) is 0 Å². The summed E-state index contributed by atoms with van der Waals surface area (Å²) in [5.41, 5.74) is 1.54. The third kappa shape index (κ3) is 8.82. The second-order valence-electron chi connectivity index (χ2n) is 9.67. The van der Waals surface area contributed by atoms with Crippen LogP contribution >= 0.6 is 11.8 Å². The number of hydrogen-bond acceptors (Lipinski definition) is 6. The summed E-state index contributed by atoms with van der Waals surface area (Å²) >= 11 is 1.52. The zero-order valence-electron chi connectivity index (χ0n) is 22.6. The molecule has 0 spiro atoms. The average Bonchev–Trinajstić information content (AvgIpc) is 2.86. The molecule has 3 amide bonds. The van der Waals surface area contributed by atoms with E-state index in [0.29, 0.717) is 29.0 Å². The standard InChI is InChI=1S/C29H37N3O5S/c1-7-21-13-9-10-14-22(21)25(26(34)30-23-15-11-8-12-20(23)2)32(17-18-33)27(35)24(16-19-38-6)31-28(36)37-29(3,4)5/h1,8-15,24-25,33H,16-19H2,2-6H3,(H,30,34)(H,31,36). The molecule has 38 heavy (non-hydrogen) atoms. The summed E-state index contributed by atoms with van der Waals surface area (Å²) in [4.78, 5) is 41.7. The van der Waals surface area contributed by atoms with Crippen LogP contribution in [0.1, 0.15) is 49.9 Å². The Balaban J connectivity index is 2.55. The minimum atomic E-state index is -1.17. The first-order valence-corrected chi connectivity index (χ1v) is 13.7. The van der Waals surface area contributed by atoms with Gasteiger partial charge in [-0.15, -0.1) is 6.42 Å². The largest absolute Gasteiger partial charge is 0.444 e. The first-order valence-electron chi connectivity index (χ1n) is 12.3. The molecule has 0 saturated carbocycles. The van der Waals surface area contributed by atoms with E-state index in [1.165, 1.54) is 16.7 Å². The Bertz CT molecular complexity index is 1160. The SMILES string of the molecule is C#Cc1ccccc1C(C(=O)Nc1ccccc1C)N(CCO)C(=O)C(CCSC)NC(=O)OC(C)(C)C. The van der Waals surface area contributed by atoms with Crippen LogP contribution in [0.3, 0.4) is 0 Å². The molecule has 0 aliphatic heterocycles. The minimum Gasteiger partial charge on any atom is -0.444 e. The van der Waals surface area contributed by atoms with E-state index in [2.05, 4.69) is 16.6 Å². The number of aryl methyl sites for hydroxylation is 1. The summed E-state index contributed by atoms with van der Waals surface area (Å²) in [6.07, 6.45) is 7.20. The maximum Gasteiger partial charge on any atom is 0.408 e. The number of para-hydroxylation sites is 1. The van der Waals surface area contributed by atoms with Crippen molar-refractivity contribution in [2.45, 2.75) is 51.8 Å². The number of terminal acetylenes is 1. The van der Waals surface area contributed by atoms with Crippen molar-refractivity contribution in [3.05, 3.63) is 65.2 Å². The van der Waals surface area contributed by atoms with Crippen molar-refractivity contribution < 1.29 is 24.2 Å². The van der Waals surface area contributed by atoms with Crippen molar-refractivity contribution in [2.24, 2.45) is 0 Å². The van der Waals surface area contributed by atoms with E-state index < -0.39 is 42.2 Å². The van der Waals surface area contributed by atoms with Crippen LogP contribution in [-0.4, -0.2) is 64.7 Å². The third-order valence-electron chi connectivity index (χ3n) is 5.60. The molecule has 0 heterocycles. The van der Waals surface area contributed by atoms with E-state index in [0.717, 1.165) is 5.56 Å². The molecule has 2 atom stereocenters. The van der Waals surface area contributed by atoms with Gasteiger partial charge < -0.3 is 25.4 Å². The van der Waals surface area contributed by atoms with Gasteiger partial charge in [-0.25, -0.2) is 4.79 Å². The number of rotatable bonds is 11. The van der Waals surface area contributed by atoms with Crippen molar-refractivity contribution in [3.63, 3.8) is 0 Å². The van der Waals surface area contributed by atoms with E-state index in [9.17, 15) is 19.5 Å².